The highest BCUT2D eigenvalue weighted by molar-refractivity contribution is 5.90. The van der Waals surface area contributed by atoms with Gasteiger partial charge in [-0.05, 0) is 42.3 Å². The molecule has 0 unspecified atom stereocenters. The third-order valence-corrected chi connectivity index (χ3v) is 2.73. The maximum Gasteiger partial charge on any atom is 0.224 e. The van der Waals surface area contributed by atoms with Crippen LogP contribution in [0.4, 0.5) is 15.8 Å². The summed E-state index contributed by atoms with van der Waals surface area (Å²) in [6, 6.07) is 13.2. The summed E-state index contributed by atoms with van der Waals surface area (Å²) in [7, 11) is 0. The number of halogens is 1. The van der Waals surface area contributed by atoms with Crippen LogP contribution in [0.3, 0.4) is 0 Å². The van der Waals surface area contributed by atoms with E-state index in [-0.39, 0.29) is 11.7 Å². The van der Waals surface area contributed by atoms with E-state index < -0.39 is 0 Å². The van der Waals surface area contributed by atoms with Gasteiger partial charge in [0.1, 0.15) is 5.82 Å². The number of carbonyl (C=O) groups excluding carboxylic acids is 1. The van der Waals surface area contributed by atoms with Crippen LogP contribution in [-0.4, -0.2) is 5.91 Å². The van der Waals surface area contributed by atoms with Crippen molar-refractivity contribution < 1.29 is 9.18 Å². The molecule has 0 atom stereocenters. The van der Waals surface area contributed by atoms with E-state index in [4.69, 9.17) is 5.73 Å². The molecule has 0 bridgehead atoms. The molecule has 0 radical (unpaired) electrons. The molecule has 0 aromatic heterocycles. The number of benzene rings is 2. The van der Waals surface area contributed by atoms with Gasteiger partial charge in [0.15, 0.2) is 0 Å². The SMILES string of the molecule is Nc1ccc(CCC(=O)Nc2cccc(F)c2)cc1. The van der Waals surface area contributed by atoms with Gasteiger partial charge in [-0.2, -0.15) is 0 Å². The summed E-state index contributed by atoms with van der Waals surface area (Å²) in [4.78, 5) is 11.7. The Hall–Kier alpha value is -2.36. The minimum atomic E-state index is -0.365. The lowest BCUT2D eigenvalue weighted by Gasteiger charge is -2.05. The molecule has 98 valence electrons. The van der Waals surface area contributed by atoms with Gasteiger partial charge in [0.2, 0.25) is 5.91 Å². The van der Waals surface area contributed by atoms with Crippen molar-refractivity contribution in [1.82, 2.24) is 0 Å². The maximum absolute atomic E-state index is 12.9. The van der Waals surface area contributed by atoms with Gasteiger partial charge in [0.25, 0.3) is 0 Å². The average Bonchev–Trinajstić information content (AvgIpc) is 2.38. The lowest BCUT2D eigenvalue weighted by molar-refractivity contribution is -0.116. The molecule has 0 spiro atoms. The third-order valence-electron chi connectivity index (χ3n) is 2.73. The molecule has 0 aliphatic rings. The fraction of sp³-hybridized carbons (Fsp3) is 0.133. The van der Waals surface area contributed by atoms with Crippen LogP contribution in [0.25, 0.3) is 0 Å². The standard InChI is InChI=1S/C15H15FN2O/c16-12-2-1-3-14(10-12)18-15(19)9-6-11-4-7-13(17)8-5-11/h1-5,7-8,10H,6,9,17H2,(H,18,19). The summed E-state index contributed by atoms with van der Waals surface area (Å²) in [5, 5.41) is 2.66. The first-order valence-electron chi connectivity index (χ1n) is 6.03. The van der Waals surface area contributed by atoms with Gasteiger partial charge in [-0.3, -0.25) is 4.79 Å². The number of hydrogen-bond acceptors (Lipinski definition) is 2. The summed E-state index contributed by atoms with van der Waals surface area (Å²) in [5.41, 5.74) is 7.81. The normalized spacial score (nSPS) is 10.2. The first-order chi connectivity index (χ1) is 9.13. The number of nitrogen functional groups attached to an aromatic ring is 1. The zero-order valence-corrected chi connectivity index (χ0v) is 10.4. The molecule has 0 heterocycles. The van der Waals surface area contributed by atoms with E-state index >= 15 is 0 Å². The summed E-state index contributed by atoms with van der Waals surface area (Å²) in [5.74, 6) is -0.501. The molecule has 0 aliphatic carbocycles. The van der Waals surface area contributed by atoms with E-state index in [1.54, 1.807) is 24.3 Å². The van der Waals surface area contributed by atoms with Gasteiger partial charge in [-0.25, -0.2) is 4.39 Å². The average molecular weight is 258 g/mol. The van der Waals surface area contributed by atoms with Gasteiger partial charge in [0, 0.05) is 17.8 Å². The number of carbonyl (C=O) groups is 1. The summed E-state index contributed by atoms with van der Waals surface area (Å²) < 4.78 is 12.9. The van der Waals surface area contributed by atoms with Crippen molar-refractivity contribution >= 4 is 17.3 Å². The molecule has 1 amide bonds. The predicted molar refractivity (Wildman–Crippen MR) is 74.2 cm³/mol. The van der Waals surface area contributed by atoms with Crippen molar-refractivity contribution in [2.75, 3.05) is 11.1 Å². The van der Waals surface area contributed by atoms with E-state index in [0.29, 0.717) is 24.2 Å². The van der Waals surface area contributed by atoms with Gasteiger partial charge in [-0.15, -0.1) is 0 Å². The Morgan fingerprint density at radius 2 is 1.89 bits per heavy atom. The van der Waals surface area contributed by atoms with E-state index in [9.17, 15) is 9.18 Å². The molecular weight excluding hydrogens is 243 g/mol. The molecule has 2 aromatic carbocycles. The molecule has 3 nitrogen and oxygen atoms in total. The van der Waals surface area contributed by atoms with Crippen LogP contribution in [0.1, 0.15) is 12.0 Å². The number of nitrogens with one attached hydrogen (secondary N) is 1. The fourth-order valence-electron chi connectivity index (χ4n) is 1.73. The highest BCUT2D eigenvalue weighted by atomic mass is 19.1. The Bertz CT molecular complexity index is 567. The van der Waals surface area contributed by atoms with Crippen molar-refractivity contribution in [3.63, 3.8) is 0 Å². The maximum atomic E-state index is 12.9. The number of anilines is 2. The number of rotatable bonds is 4. The van der Waals surface area contributed by atoms with Gasteiger partial charge in [0.05, 0.1) is 0 Å². The summed E-state index contributed by atoms with van der Waals surface area (Å²) in [6.07, 6.45) is 0.974. The number of aryl methyl sites for hydroxylation is 1. The lowest BCUT2D eigenvalue weighted by atomic mass is 10.1. The Balaban J connectivity index is 1.86. The minimum absolute atomic E-state index is 0.137. The van der Waals surface area contributed by atoms with Gasteiger partial charge < -0.3 is 11.1 Å². The number of amides is 1. The molecule has 19 heavy (non-hydrogen) atoms. The Morgan fingerprint density at radius 1 is 1.16 bits per heavy atom. The molecule has 2 rings (SSSR count). The molecular formula is C15H15FN2O. The zero-order chi connectivity index (χ0) is 13.7. The van der Waals surface area contributed by atoms with Crippen molar-refractivity contribution in [3.8, 4) is 0 Å². The Labute approximate surface area is 111 Å². The van der Waals surface area contributed by atoms with Gasteiger partial charge >= 0.3 is 0 Å². The Morgan fingerprint density at radius 3 is 2.58 bits per heavy atom. The van der Waals surface area contributed by atoms with E-state index in [1.165, 1.54) is 12.1 Å². The first kappa shape index (κ1) is 13.1. The molecule has 0 fully saturated rings. The monoisotopic (exact) mass is 258 g/mol. The quantitative estimate of drug-likeness (QED) is 0.828. The molecule has 3 N–H and O–H groups in total. The van der Waals surface area contributed by atoms with E-state index in [0.717, 1.165) is 5.56 Å². The molecule has 0 saturated carbocycles. The van der Waals surface area contributed by atoms with Crippen LogP contribution in [0, 0.1) is 5.82 Å². The van der Waals surface area contributed by atoms with Crippen LogP contribution in [0.15, 0.2) is 48.5 Å². The molecule has 0 aliphatic heterocycles. The van der Waals surface area contributed by atoms with Crippen molar-refractivity contribution in [2.24, 2.45) is 0 Å². The molecule has 2 aromatic rings. The van der Waals surface area contributed by atoms with Crippen molar-refractivity contribution in [1.29, 1.82) is 0 Å². The molecule has 4 heteroatoms. The smallest absolute Gasteiger partial charge is 0.224 e. The van der Waals surface area contributed by atoms with Crippen molar-refractivity contribution in [3.05, 3.63) is 59.9 Å². The van der Waals surface area contributed by atoms with Crippen LogP contribution in [0.2, 0.25) is 0 Å². The largest absolute Gasteiger partial charge is 0.399 e. The van der Waals surface area contributed by atoms with Crippen LogP contribution in [-0.2, 0) is 11.2 Å². The van der Waals surface area contributed by atoms with E-state index in [1.807, 2.05) is 12.1 Å². The van der Waals surface area contributed by atoms with Crippen LogP contribution in [0.5, 0.6) is 0 Å². The zero-order valence-electron chi connectivity index (χ0n) is 10.4. The Kier molecular flexibility index (Phi) is 4.13. The second-order valence-corrected chi connectivity index (χ2v) is 4.30. The fourth-order valence-corrected chi connectivity index (χ4v) is 1.73. The second-order valence-electron chi connectivity index (χ2n) is 4.30. The van der Waals surface area contributed by atoms with Crippen molar-refractivity contribution in [2.45, 2.75) is 12.8 Å². The van der Waals surface area contributed by atoms with Gasteiger partial charge in [-0.1, -0.05) is 18.2 Å². The summed E-state index contributed by atoms with van der Waals surface area (Å²) >= 11 is 0. The molecule has 0 saturated heterocycles. The van der Waals surface area contributed by atoms with Crippen LogP contribution >= 0.6 is 0 Å². The third kappa shape index (κ3) is 4.10. The lowest BCUT2D eigenvalue weighted by Crippen LogP contribution is -2.12. The first-order valence-corrected chi connectivity index (χ1v) is 6.03. The highest BCUT2D eigenvalue weighted by Gasteiger charge is 2.03. The van der Waals surface area contributed by atoms with E-state index in [2.05, 4.69) is 5.32 Å². The number of hydrogen-bond donors (Lipinski definition) is 2. The predicted octanol–water partition coefficient (Wildman–Crippen LogP) is 2.98. The van der Waals surface area contributed by atoms with Crippen LogP contribution < -0.4 is 11.1 Å². The number of nitrogens with two attached hydrogens (primary N) is 1. The second kappa shape index (κ2) is 6.00. The minimum Gasteiger partial charge on any atom is -0.399 e. The highest BCUT2D eigenvalue weighted by Crippen LogP contribution is 2.11. The summed E-state index contributed by atoms with van der Waals surface area (Å²) in [6.45, 7) is 0. The topological polar surface area (TPSA) is 55.1 Å².